The highest BCUT2D eigenvalue weighted by atomic mass is 15.4. The van der Waals surface area contributed by atoms with Crippen LogP contribution in [0.15, 0.2) is 60.8 Å². The molecule has 4 heteroatoms. The molecule has 0 radical (unpaired) electrons. The Morgan fingerprint density at radius 2 is 1.59 bits per heavy atom. The topological polar surface area (TPSA) is 32.3 Å². The van der Waals surface area contributed by atoms with Crippen LogP contribution in [-0.4, -0.2) is 16.6 Å². The van der Waals surface area contributed by atoms with E-state index in [-0.39, 0.29) is 5.41 Å². The van der Waals surface area contributed by atoms with Gasteiger partial charge in [-0.25, -0.2) is 9.97 Å². The molecule has 0 atom stereocenters. The number of aromatic nitrogens is 2. The maximum atomic E-state index is 5.04. The lowest BCUT2D eigenvalue weighted by atomic mass is 9.93. The van der Waals surface area contributed by atoms with Gasteiger partial charge < -0.3 is 9.80 Å². The summed E-state index contributed by atoms with van der Waals surface area (Å²) in [6.07, 6.45) is 2.91. The lowest BCUT2D eigenvalue weighted by Crippen LogP contribution is -2.25. The van der Waals surface area contributed by atoms with Gasteiger partial charge in [0.25, 0.3) is 0 Å². The molecule has 3 aromatic rings. The molecule has 1 aromatic heterocycles. The Hall–Kier alpha value is -2.88. The number of nitrogens with zero attached hydrogens (tertiary/aromatic N) is 4. The molecule has 0 spiro atoms. The molecule has 0 unspecified atom stereocenters. The molecule has 0 amide bonds. The molecule has 1 aliphatic heterocycles. The van der Waals surface area contributed by atoms with Crippen LogP contribution in [0.2, 0.25) is 0 Å². The minimum Gasteiger partial charge on any atom is -0.305 e. The van der Waals surface area contributed by atoms with Crippen LogP contribution in [0.25, 0.3) is 0 Å². The molecule has 27 heavy (non-hydrogen) atoms. The number of para-hydroxylation sites is 2. The molecule has 2 aromatic carbocycles. The van der Waals surface area contributed by atoms with Gasteiger partial charge in [0.05, 0.1) is 11.9 Å². The van der Waals surface area contributed by atoms with Gasteiger partial charge in [0.15, 0.2) is 11.6 Å². The van der Waals surface area contributed by atoms with Gasteiger partial charge in [-0.15, -0.1) is 0 Å². The van der Waals surface area contributed by atoms with Crippen molar-refractivity contribution in [2.45, 2.75) is 39.5 Å². The van der Waals surface area contributed by atoms with Crippen molar-refractivity contribution < 1.29 is 0 Å². The van der Waals surface area contributed by atoms with Gasteiger partial charge in [-0.1, -0.05) is 64.1 Å². The summed E-state index contributed by atoms with van der Waals surface area (Å²) in [5.41, 5.74) is 4.63. The average Bonchev–Trinajstić information content (AvgIpc) is 3.06. The van der Waals surface area contributed by atoms with Gasteiger partial charge in [0, 0.05) is 16.8 Å². The lowest BCUT2D eigenvalue weighted by Gasteiger charge is -2.22. The first-order valence-electron chi connectivity index (χ1n) is 9.54. The Morgan fingerprint density at radius 1 is 0.889 bits per heavy atom. The largest absolute Gasteiger partial charge is 0.305 e. The Kier molecular flexibility index (Phi) is 4.34. The van der Waals surface area contributed by atoms with Crippen LogP contribution in [0.4, 0.5) is 23.0 Å². The van der Waals surface area contributed by atoms with Gasteiger partial charge >= 0.3 is 0 Å². The second-order valence-electron chi connectivity index (χ2n) is 7.97. The first-order valence-corrected chi connectivity index (χ1v) is 9.54. The van der Waals surface area contributed by atoms with Crippen molar-refractivity contribution in [3.63, 3.8) is 0 Å². The molecule has 1 aliphatic rings. The van der Waals surface area contributed by atoms with Crippen LogP contribution < -0.4 is 9.80 Å². The summed E-state index contributed by atoms with van der Waals surface area (Å²) >= 11 is 0. The van der Waals surface area contributed by atoms with Crippen molar-refractivity contribution in [1.29, 1.82) is 0 Å². The minimum atomic E-state index is -0.0425. The van der Waals surface area contributed by atoms with E-state index in [2.05, 4.69) is 86.0 Å². The number of aryl methyl sites for hydroxylation is 1. The quantitative estimate of drug-likeness (QED) is 0.611. The van der Waals surface area contributed by atoms with Crippen molar-refractivity contribution in [3.8, 4) is 0 Å². The zero-order valence-corrected chi connectivity index (χ0v) is 16.5. The minimum absolute atomic E-state index is 0.0425. The fraction of sp³-hybridized carbons (Fsp3) is 0.304. The highest BCUT2D eigenvalue weighted by molar-refractivity contribution is 5.82. The van der Waals surface area contributed by atoms with E-state index >= 15 is 0 Å². The molecule has 0 saturated carbocycles. The van der Waals surface area contributed by atoms with E-state index < -0.39 is 0 Å². The van der Waals surface area contributed by atoms with Gasteiger partial charge in [0.2, 0.25) is 0 Å². The summed E-state index contributed by atoms with van der Waals surface area (Å²) in [5.74, 6) is 1.85. The Balaban J connectivity index is 1.87. The molecule has 0 saturated heterocycles. The second kappa shape index (κ2) is 6.69. The molecule has 0 N–H and O–H groups in total. The summed E-state index contributed by atoms with van der Waals surface area (Å²) in [5, 5.41) is 0. The Bertz CT molecular complexity index is 944. The predicted molar refractivity (Wildman–Crippen MR) is 112 cm³/mol. The number of hydrogen-bond donors (Lipinski definition) is 0. The molecule has 2 heterocycles. The maximum absolute atomic E-state index is 5.04. The molecule has 4 nitrogen and oxygen atoms in total. The molecule has 0 bridgehead atoms. The van der Waals surface area contributed by atoms with Crippen LogP contribution in [0.3, 0.4) is 0 Å². The summed E-state index contributed by atoms with van der Waals surface area (Å²) < 4.78 is 0. The molecular formula is C23H26N4. The number of rotatable bonds is 3. The zero-order chi connectivity index (χ0) is 19.0. The number of anilines is 4. The smallest absolute Gasteiger partial charge is 0.178 e. The summed E-state index contributed by atoms with van der Waals surface area (Å²) in [6.45, 7) is 9.43. The van der Waals surface area contributed by atoms with Crippen molar-refractivity contribution in [2.75, 3.05) is 16.5 Å². The average molecular weight is 358 g/mol. The Labute approximate surface area is 161 Å². The zero-order valence-electron chi connectivity index (χ0n) is 16.5. The standard InChI is InChI=1S/C23H26N4/c1-5-17-11-9-10-14-19(17)27-16-26(18-12-7-6-8-13-18)22-21(27)24-15-20(25-22)23(2,3)4/h6-15H,5,16H2,1-4H3. The number of fused-ring (bicyclic) bond motifs is 1. The number of benzene rings is 2. The van der Waals surface area contributed by atoms with E-state index in [9.17, 15) is 0 Å². The van der Waals surface area contributed by atoms with Crippen LogP contribution in [-0.2, 0) is 11.8 Å². The molecule has 138 valence electrons. The first-order chi connectivity index (χ1) is 13.0. The molecule has 4 rings (SSSR count). The third kappa shape index (κ3) is 3.16. The van der Waals surface area contributed by atoms with Gasteiger partial charge in [-0.2, -0.15) is 0 Å². The van der Waals surface area contributed by atoms with E-state index in [0.717, 1.165) is 29.4 Å². The van der Waals surface area contributed by atoms with Crippen molar-refractivity contribution in [1.82, 2.24) is 9.97 Å². The summed E-state index contributed by atoms with van der Waals surface area (Å²) in [7, 11) is 0. The van der Waals surface area contributed by atoms with Crippen molar-refractivity contribution >= 4 is 23.0 Å². The van der Waals surface area contributed by atoms with E-state index in [4.69, 9.17) is 9.97 Å². The summed E-state index contributed by atoms with van der Waals surface area (Å²) in [4.78, 5) is 14.4. The van der Waals surface area contributed by atoms with E-state index in [1.165, 1.54) is 11.3 Å². The van der Waals surface area contributed by atoms with Crippen molar-refractivity contribution in [3.05, 3.63) is 72.1 Å². The van der Waals surface area contributed by atoms with E-state index in [0.29, 0.717) is 6.67 Å². The summed E-state index contributed by atoms with van der Waals surface area (Å²) in [6, 6.07) is 19.0. The van der Waals surface area contributed by atoms with Crippen molar-refractivity contribution in [2.24, 2.45) is 0 Å². The van der Waals surface area contributed by atoms with Gasteiger partial charge in [-0.3, -0.25) is 0 Å². The highest BCUT2D eigenvalue weighted by Crippen LogP contribution is 2.43. The van der Waals surface area contributed by atoms with Crippen LogP contribution in [0, 0.1) is 0 Å². The maximum Gasteiger partial charge on any atom is 0.178 e. The normalized spacial score (nSPS) is 13.8. The van der Waals surface area contributed by atoms with Crippen LogP contribution in [0.1, 0.15) is 39.0 Å². The van der Waals surface area contributed by atoms with E-state index in [1.54, 1.807) is 0 Å². The van der Waals surface area contributed by atoms with Gasteiger partial charge in [0.1, 0.15) is 6.67 Å². The van der Waals surface area contributed by atoms with Crippen LogP contribution in [0.5, 0.6) is 0 Å². The van der Waals surface area contributed by atoms with Gasteiger partial charge in [-0.05, 0) is 30.2 Å². The highest BCUT2D eigenvalue weighted by Gasteiger charge is 2.33. The predicted octanol–water partition coefficient (Wildman–Crippen LogP) is 5.58. The fourth-order valence-corrected chi connectivity index (χ4v) is 3.46. The fourth-order valence-electron chi connectivity index (χ4n) is 3.46. The van der Waals surface area contributed by atoms with E-state index in [1.807, 2.05) is 12.3 Å². The first kappa shape index (κ1) is 17.5. The molecule has 0 fully saturated rings. The third-order valence-corrected chi connectivity index (χ3v) is 5.03. The SMILES string of the molecule is CCc1ccccc1N1CN(c2ccccc2)c2nc(C(C)(C)C)cnc21. The number of hydrogen-bond acceptors (Lipinski definition) is 4. The second-order valence-corrected chi connectivity index (χ2v) is 7.97. The Morgan fingerprint density at radius 3 is 2.30 bits per heavy atom. The molecular weight excluding hydrogens is 332 g/mol. The monoisotopic (exact) mass is 358 g/mol. The van der Waals surface area contributed by atoms with Crippen LogP contribution >= 0.6 is 0 Å². The molecule has 0 aliphatic carbocycles. The lowest BCUT2D eigenvalue weighted by molar-refractivity contribution is 0.566. The third-order valence-electron chi connectivity index (χ3n) is 5.03.